The summed E-state index contributed by atoms with van der Waals surface area (Å²) in [6, 6.07) is 9.06. The summed E-state index contributed by atoms with van der Waals surface area (Å²) in [5, 5.41) is 11.0. The van der Waals surface area contributed by atoms with Crippen molar-refractivity contribution in [3.8, 4) is 0 Å². The number of carbonyl (C=O) groups excluding carboxylic acids is 1. The van der Waals surface area contributed by atoms with E-state index in [0.717, 1.165) is 25.9 Å². The van der Waals surface area contributed by atoms with Crippen LogP contribution < -0.4 is 0 Å². The fraction of sp³-hybridized carbons (Fsp3) is 0.526. The Labute approximate surface area is 137 Å². The van der Waals surface area contributed by atoms with Gasteiger partial charge in [0, 0.05) is 19.3 Å². The molecule has 4 nitrogen and oxygen atoms in total. The van der Waals surface area contributed by atoms with Gasteiger partial charge in [0.25, 0.3) is 0 Å². The van der Waals surface area contributed by atoms with Crippen molar-refractivity contribution < 1.29 is 14.6 Å². The standard InChI is InChI=1S/C19H25NO3/c1-14(2)19(22,17-6-4-3-5-7-17)18(21)23-13-16-12-20-10-8-15(16)9-11-20/h3-7,12,14-15,22H,8-11,13H2,1-2H3/t19-/m1/s1. The van der Waals surface area contributed by atoms with Gasteiger partial charge in [0.15, 0.2) is 5.60 Å². The van der Waals surface area contributed by atoms with Crippen LogP contribution in [0.4, 0.5) is 0 Å². The molecule has 1 aromatic rings. The van der Waals surface area contributed by atoms with Crippen LogP contribution in [-0.4, -0.2) is 35.7 Å². The zero-order valence-electron chi connectivity index (χ0n) is 13.9. The lowest BCUT2D eigenvalue weighted by Crippen LogP contribution is -2.43. The largest absolute Gasteiger partial charge is 0.459 e. The number of fused-ring (bicyclic) bond motifs is 2. The van der Waals surface area contributed by atoms with Crippen molar-refractivity contribution in [3.05, 3.63) is 47.7 Å². The van der Waals surface area contributed by atoms with Crippen molar-refractivity contribution in [3.63, 3.8) is 0 Å². The van der Waals surface area contributed by atoms with Gasteiger partial charge in [0.05, 0.1) is 0 Å². The Morgan fingerprint density at radius 3 is 2.48 bits per heavy atom. The highest BCUT2D eigenvalue weighted by molar-refractivity contribution is 5.81. The molecule has 1 atom stereocenters. The summed E-state index contributed by atoms with van der Waals surface area (Å²) < 4.78 is 5.53. The van der Waals surface area contributed by atoms with Gasteiger partial charge in [-0.3, -0.25) is 0 Å². The molecule has 4 rings (SSSR count). The third-order valence-corrected chi connectivity index (χ3v) is 5.13. The molecule has 0 amide bonds. The van der Waals surface area contributed by atoms with Gasteiger partial charge in [-0.1, -0.05) is 44.2 Å². The monoisotopic (exact) mass is 315 g/mol. The fourth-order valence-corrected chi connectivity index (χ4v) is 3.53. The topological polar surface area (TPSA) is 49.8 Å². The molecule has 1 saturated heterocycles. The van der Waals surface area contributed by atoms with E-state index in [1.807, 2.05) is 32.0 Å². The Hall–Kier alpha value is -1.81. The van der Waals surface area contributed by atoms with Crippen LogP contribution in [0.3, 0.4) is 0 Å². The highest BCUT2D eigenvalue weighted by Gasteiger charge is 2.43. The van der Waals surface area contributed by atoms with Gasteiger partial charge in [-0.2, -0.15) is 0 Å². The van der Waals surface area contributed by atoms with E-state index in [9.17, 15) is 9.90 Å². The average Bonchev–Trinajstić information content (AvgIpc) is 2.60. The van der Waals surface area contributed by atoms with E-state index in [1.54, 1.807) is 12.1 Å². The number of hydrogen-bond acceptors (Lipinski definition) is 4. The molecule has 2 bridgehead atoms. The van der Waals surface area contributed by atoms with Gasteiger partial charge >= 0.3 is 5.97 Å². The second-order valence-corrected chi connectivity index (χ2v) is 6.88. The molecule has 124 valence electrons. The number of nitrogens with zero attached hydrogens (tertiary/aromatic N) is 1. The van der Waals surface area contributed by atoms with E-state index in [-0.39, 0.29) is 12.5 Å². The maximum atomic E-state index is 12.6. The Morgan fingerprint density at radius 1 is 1.30 bits per heavy atom. The zero-order valence-corrected chi connectivity index (χ0v) is 13.9. The number of aliphatic hydroxyl groups is 1. The van der Waals surface area contributed by atoms with Crippen LogP contribution in [0.15, 0.2) is 42.1 Å². The van der Waals surface area contributed by atoms with Gasteiger partial charge in [0.1, 0.15) is 6.61 Å². The van der Waals surface area contributed by atoms with E-state index >= 15 is 0 Å². The molecule has 0 saturated carbocycles. The van der Waals surface area contributed by atoms with E-state index in [0.29, 0.717) is 11.5 Å². The summed E-state index contributed by atoms with van der Waals surface area (Å²) in [5.41, 5.74) is 0.161. The molecule has 1 N–H and O–H groups in total. The van der Waals surface area contributed by atoms with Crippen LogP contribution in [0.1, 0.15) is 32.3 Å². The highest BCUT2D eigenvalue weighted by Crippen LogP contribution is 2.34. The average molecular weight is 315 g/mol. The summed E-state index contributed by atoms with van der Waals surface area (Å²) in [6.45, 7) is 6.15. The lowest BCUT2D eigenvalue weighted by molar-refractivity contribution is -0.171. The second kappa shape index (κ2) is 6.36. The molecule has 0 radical (unpaired) electrons. The van der Waals surface area contributed by atoms with E-state index in [2.05, 4.69) is 11.1 Å². The van der Waals surface area contributed by atoms with Crippen molar-refractivity contribution in [1.82, 2.24) is 4.90 Å². The maximum absolute atomic E-state index is 12.6. The molecule has 1 fully saturated rings. The zero-order chi connectivity index (χ0) is 16.4. The second-order valence-electron chi connectivity index (χ2n) is 6.88. The predicted octanol–water partition coefficient (Wildman–Crippen LogP) is 2.68. The number of benzene rings is 1. The molecule has 3 aliphatic heterocycles. The normalized spacial score (nSPS) is 20.3. The molecule has 0 aliphatic carbocycles. The van der Waals surface area contributed by atoms with E-state index < -0.39 is 11.6 Å². The molecule has 0 unspecified atom stereocenters. The third-order valence-electron chi connectivity index (χ3n) is 5.13. The minimum absolute atomic E-state index is 0.266. The minimum atomic E-state index is -1.60. The molecule has 1 aromatic carbocycles. The van der Waals surface area contributed by atoms with Gasteiger partial charge < -0.3 is 14.7 Å². The Kier molecular flexibility index (Phi) is 4.44. The first-order valence-electron chi connectivity index (χ1n) is 8.41. The first-order chi connectivity index (χ1) is 11.0. The Morgan fingerprint density at radius 2 is 1.96 bits per heavy atom. The molecule has 4 heteroatoms. The summed E-state index contributed by atoms with van der Waals surface area (Å²) in [4.78, 5) is 14.9. The lowest BCUT2D eigenvalue weighted by atomic mass is 9.83. The molecular formula is C19H25NO3. The van der Waals surface area contributed by atoms with Crippen molar-refractivity contribution in [2.45, 2.75) is 32.3 Å². The van der Waals surface area contributed by atoms with Gasteiger partial charge in [-0.25, -0.2) is 4.79 Å². The third kappa shape index (κ3) is 3.00. The smallest absolute Gasteiger partial charge is 0.343 e. The fourth-order valence-electron chi connectivity index (χ4n) is 3.53. The molecule has 0 aromatic heterocycles. The molecule has 3 aliphatic rings. The van der Waals surface area contributed by atoms with Crippen molar-refractivity contribution in [2.75, 3.05) is 19.7 Å². The first-order valence-corrected chi connectivity index (χ1v) is 8.41. The van der Waals surface area contributed by atoms with Gasteiger partial charge in [-0.15, -0.1) is 0 Å². The number of piperidine rings is 1. The van der Waals surface area contributed by atoms with Crippen LogP contribution >= 0.6 is 0 Å². The number of carbonyl (C=O) groups is 1. The summed E-state index contributed by atoms with van der Waals surface area (Å²) >= 11 is 0. The van der Waals surface area contributed by atoms with Crippen LogP contribution in [0.5, 0.6) is 0 Å². The van der Waals surface area contributed by atoms with Crippen LogP contribution in [0.25, 0.3) is 0 Å². The molecule has 3 heterocycles. The number of hydrogen-bond donors (Lipinski definition) is 1. The summed E-state index contributed by atoms with van der Waals surface area (Å²) in [7, 11) is 0. The van der Waals surface area contributed by atoms with Crippen LogP contribution in [-0.2, 0) is 15.1 Å². The summed E-state index contributed by atoms with van der Waals surface area (Å²) in [5.74, 6) is -0.300. The van der Waals surface area contributed by atoms with Crippen molar-refractivity contribution in [2.24, 2.45) is 11.8 Å². The van der Waals surface area contributed by atoms with E-state index in [4.69, 9.17) is 4.74 Å². The number of esters is 1. The molecule has 23 heavy (non-hydrogen) atoms. The van der Waals surface area contributed by atoms with Gasteiger partial charge in [0.2, 0.25) is 0 Å². The minimum Gasteiger partial charge on any atom is -0.459 e. The molecule has 0 spiro atoms. The van der Waals surface area contributed by atoms with Crippen molar-refractivity contribution in [1.29, 1.82) is 0 Å². The highest BCUT2D eigenvalue weighted by atomic mass is 16.5. The summed E-state index contributed by atoms with van der Waals surface area (Å²) in [6.07, 6.45) is 4.40. The maximum Gasteiger partial charge on any atom is 0.343 e. The predicted molar refractivity (Wildman–Crippen MR) is 88.5 cm³/mol. The Bertz CT molecular complexity index is 588. The van der Waals surface area contributed by atoms with Crippen LogP contribution in [0.2, 0.25) is 0 Å². The van der Waals surface area contributed by atoms with Gasteiger partial charge in [-0.05, 0) is 35.8 Å². The quantitative estimate of drug-likeness (QED) is 0.849. The molecular weight excluding hydrogens is 290 g/mol. The first kappa shape index (κ1) is 16.1. The van der Waals surface area contributed by atoms with Crippen LogP contribution in [0, 0.1) is 11.8 Å². The van der Waals surface area contributed by atoms with Crippen molar-refractivity contribution >= 4 is 5.97 Å². The van der Waals surface area contributed by atoms with E-state index in [1.165, 1.54) is 5.57 Å². The number of ether oxygens (including phenoxy) is 1. The SMILES string of the molecule is CC(C)[C@](O)(C(=O)OCC1=CN2CCC1CC2)c1ccccc1. The number of rotatable bonds is 5. The lowest BCUT2D eigenvalue weighted by Gasteiger charge is -2.39. The Balaban J connectivity index is 1.73.